The van der Waals surface area contributed by atoms with Crippen molar-refractivity contribution in [2.24, 2.45) is 0 Å². The van der Waals surface area contributed by atoms with E-state index < -0.39 is 11.9 Å². The van der Waals surface area contributed by atoms with Gasteiger partial charge in [0.25, 0.3) is 0 Å². The van der Waals surface area contributed by atoms with Crippen LogP contribution in [0.15, 0.2) is 24.3 Å². The predicted octanol–water partition coefficient (Wildman–Crippen LogP) is 2.80. The first-order valence-electron chi connectivity index (χ1n) is 6.56. The SMILES string of the molecule is Cc1nc2cc3nc(C)c(C(=O)O)cc3cc2cc1C(=O)O. The van der Waals surface area contributed by atoms with Crippen LogP contribution >= 0.6 is 0 Å². The minimum absolute atomic E-state index is 0.130. The molecule has 3 rings (SSSR count). The van der Waals surface area contributed by atoms with Crippen molar-refractivity contribution in [3.05, 3.63) is 46.8 Å². The van der Waals surface area contributed by atoms with Crippen molar-refractivity contribution in [3.63, 3.8) is 0 Å². The highest BCUT2D eigenvalue weighted by molar-refractivity contribution is 6.01. The topological polar surface area (TPSA) is 100 Å². The molecule has 1 aromatic carbocycles. The summed E-state index contributed by atoms with van der Waals surface area (Å²) in [6.45, 7) is 3.28. The number of carboxylic acid groups (broad SMARTS) is 2. The first-order valence-corrected chi connectivity index (χ1v) is 6.56. The molecule has 0 saturated heterocycles. The number of aromatic carboxylic acids is 2. The van der Waals surface area contributed by atoms with E-state index in [1.807, 2.05) is 0 Å². The number of nitrogens with zero attached hydrogens (tertiary/aromatic N) is 2. The van der Waals surface area contributed by atoms with E-state index >= 15 is 0 Å². The number of benzene rings is 1. The van der Waals surface area contributed by atoms with Gasteiger partial charge >= 0.3 is 11.9 Å². The first-order chi connectivity index (χ1) is 10.4. The van der Waals surface area contributed by atoms with E-state index in [1.165, 1.54) is 0 Å². The number of aromatic nitrogens is 2. The Balaban J connectivity index is 2.36. The van der Waals surface area contributed by atoms with E-state index in [0.717, 1.165) is 0 Å². The van der Waals surface area contributed by atoms with E-state index in [-0.39, 0.29) is 11.1 Å². The average molecular weight is 296 g/mol. The van der Waals surface area contributed by atoms with Crippen molar-refractivity contribution in [1.82, 2.24) is 9.97 Å². The molecule has 6 heteroatoms. The molecule has 22 heavy (non-hydrogen) atoms. The van der Waals surface area contributed by atoms with Crippen LogP contribution < -0.4 is 0 Å². The van der Waals surface area contributed by atoms with E-state index in [4.69, 9.17) is 10.2 Å². The second-order valence-electron chi connectivity index (χ2n) is 5.09. The summed E-state index contributed by atoms with van der Waals surface area (Å²) in [4.78, 5) is 31.0. The summed E-state index contributed by atoms with van der Waals surface area (Å²) in [6.07, 6.45) is 0. The fourth-order valence-corrected chi connectivity index (χ4v) is 2.47. The Morgan fingerprint density at radius 3 is 1.55 bits per heavy atom. The van der Waals surface area contributed by atoms with Crippen molar-refractivity contribution in [2.45, 2.75) is 13.8 Å². The Morgan fingerprint density at radius 2 is 1.18 bits per heavy atom. The molecular weight excluding hydrogens is 284 g/mol. The molecule has 2 N–H and O–H groups in total. The Kier molecular flexibility index (Phi) is 3.02. The lowest BCUT2D eigenvalue weighted by Crippen LogP contribution is -2.03. The number of hydrogen-bond acceptors (Lipinski definition) is 4. The van der Waals surface area contributed by atoms with E-state index in [2.05, 4.69) is 9.97 Å². The van der Waals surface area contributed by atoms with Gasteiger partial charge < -0.3 is 10.2 Å². The summed E-state index contributed by atoms with van der Waals surface area (Å²) >= 11 is 0. The third kappa shape index (κ3) is 2.14. The number of rotatable bonds is 2. The molecule has 0 aliphatic carbocycles. The maximum absolute atomic E-state index is 11.2. The van der Waals surface area contributed by atoms with Crippen LogP contribution in [-0.2, 0) is 0 Å². The number of carbonyl (C=O) groups is 2. The van der Waals surface area contributed by atoms with Crippen molar-refractivity contribution in [3.8, 4) is 0 Å². The van der Waals surface area contributed by atoms with Gasteiger partial charge in [0.2, 0.25) is 0 Å². The van der Waals surface area contributed by atoms with Gasteiger partial charge in [0.05, 0.1) is 33.5 Å². The Morgan fingerprint density at radius 1 is 0.773 bits per heavy atom. The standard InChI is InChI=1S/C16H12N2O4/c1-7-11(15(19)20)4-9-3-10-5-12(16(21)22)8(2)18-14(10)6-13(9)17-7/h3-6H,1-2H3,(H,19,20)(H,21,22). The molecule has 0 saturated carbocycles. The minimum atomic E-state index is -1.04. The monoisotopic (exact) mass is 296 g/mol. The molecule has 110 valence electrons. The maximum Gasteiger partial charge on any atom is 0.337 e. The normalized spacial score (nSPS) is 11.0. The summed E-state index contributed by atoms with van der Waals surface area (Å²) in [6, 6.07) is 6.53. The van der Waals surface area contributed by atoms with Crippen molar-refractivity contribution < 1.29 is 19.8 Å². The van der Waals surface area contributed by atoms with Crippen LogP contribution in [0, 0.1) is 13.8 Å². The lowest BCUT2D eigenvalue weighted by atomic mass is 10.0. The Hall–Kier alpha value is -3.02. The summed E-state index contributed by atoms with van der Waals surface area (Å²) < 4.78 is 0. The number of pyridine rings is 2. The van der Waals surface area contributed by atoms with Gasteiger partial charge in [-0.25, -0.2) is 9.59 Å². The molecule has 0 fully saturated rings. The molecule has 0 radical (unpaired) electrons. The molecule has 0 bridgehead atoms. The van der Waals surface area contributed by atoms with Crippen LogP contribution in [0.4, 0.5) is 0 Å². The molecule has 0 amide bonds. The highest BCUT2D eigenvalue weighted by Gasteiger charge is 2.13. The zero-order chi connectivity index (χ0) is 16.0. The van der Waals surface area contributed by atoms with Crippen molar-refractivity contribution >= 4 is 33.7 Å². The number of hydrogen-bond donors (Lipinski definition) is 2. The van der Waals surface area contributed by atoms with Crippen molar-refractivity contribution in [2.75, 3.05) is 0 Å². The second kappa shape index (κ2) is 4.77. The summed E-state index contributed by atoms with van der Waals surface area (Å²) in [5, 5.41) is 19.6. The highest BCUT2D eigenvalue weighted by atomic mass is 16.4. The van der Waals surface area contributed by atoms with Gasteiger partial charge in [0, 0.05) is 10.8 Å². The smallest absolute Gasteiger partial charge is 0.337 e. The molecule has 0 aliphatic rings. The highest BCUT2D eigenvalue weighted by Crippen LogP contribution is 2.24. The van der Waals surface area contributed by atoms with Gasteiger partial charge in [-0.05, 0) is 38.1 Å². The molecule has 0 atom stereocenters. The molecule has 0 spiro atoms. The van der Waals surface area contributed by atoms with Gasteiger partial charge in [-0.1, -0.05) is 0 Å². The molecule has 2 heterocycles. The molecule has 6 nitrogen and oxygen atoms in total. The maximum atomic E-state index is 11.2. The molecule has 2 aromatic heterocycles. The van der Waals surface area contributed by atoms with Crippen LogP contribution in [-0.4, -0.2) is 32.1 Å². The van der Waals surface area contributed by atoms with Gasteiger partial charge in [0.15, 0.2) is 0 Å². The van der Waals surface area contributed by atoms with E-state index in [9.17, 15) is 9.59 Å². The zero-order valence-electron chi connectivity index (χ0n) is 11.9. The fourth-order valence-electron chi connectivity index (χ4n) is 2.47. The van der Waals surface area contributed by atoms with Gasteiger partial charge in [-0.3, -0.25) is 9.97 Å². The molecular formula is C16H12N2O4. The van der Waals surface area contributed by atoms with E-state index in [1.54, 1.807) is 38.1 Å². The minimum Gasteiger partial charge on any atom is -0.478 e. The molecule has 3 aromatic rings. The fraction of sp³-hybridized carbons (Fsp3) is 0.125. The van der Waals surface area contributed by atoms with Gasteiger partial charge in [-0.2, -0.15) is 0 Å². The zero-order valence-corrected chi connectivity index (χ0v) is 11.9. The summed E-state index contributed by atoms with van der Waals surface area (Å²) in [7, 11) is 0. The van der Waals surface area contributed by atoms with Crippen molar-refractivity contribution in [1.29, 1.82) is 0 Å². The molecule has 0 unspecified atom stereocenters. The predicted molar refractivity (Wildman–Crippen MR) is 80.4 cm³/mol. The third-order valence-electron chi connectivity index (χ3n) is 3.59. The average Bonchev–Trinajstić information content (AvgIpc) is 2.43. The Labute approximate surface area is 125 Å². The van der Waals surface area contributed by atoms with Gasteiger partial charge in [-0.15, -0.1) is 0 Å². The summed E-state index contributed by atoms with van der Waals surface area (Å²) in [5.74, 6) is -2.08. The quantitative estimate of drug-likeness (QED) is 0.705. The van der Waals surface area contributed by atoms with Crippen LogP contribution in [0.25, 0.3) is 21.8 Å². The van der Waals surface area contributed by atoms with Crippen LogP contribution in [0.2, 0.25) is 0 Å². The van der Waals surface area contributed by atoms with Crippen LogP contribution in [0.3, 0.4) is 0 Å². The lowest BCUT2D eigenvalue weighted by Gasteiger charge is -2.07. The number of fused-ring (bicyclic) bond motifs is 2. The van der Waals surface area contributed by atoms with Crippen LogP contribution in [0.1, 0.15) is 32.1 Å². The summed E-state index contributed by atoms with van der Waals surface area (Å²) in [5.41, 5.74) is 2.38. The first kappa shape index (κ1) is 13.9. The second-order valence-corrected chi connectivity index (χ2v) is 5.09. The van der Waals surface area contributed by atoms with Gasteiger partial charge in [0.1, 0.15) is 0 Å². The third-order valence-corrected chi connectivity index (χ3v) is 3.59. The largest absolute Gasteiger partial charge is 0.478 e. The number of carboxylic acids is 2. The molecule has 0 aliphatic heterocycles. The lowest BCUT2D eigenvalue weighted by molar-refractivity contribution is 0.0685. The Bertz CT molecular complexity index is 888. The van der Waals surface area contributed by atoms with Crippen LogP contribution in [0.5, 0.6) is 0 Å². The number of aryl methyl sites for hydroxylation is 2. The van der Waals surface area contributed by atoms with E-state index in [0.29, 0.717) is 33.2 Å².